The van der Waals surface area contributed by atoms with Crippen LogP contribution in [0.3, 0.4) is 0 Å². The summed E-state index contributed by atoms with van der Waals surface area (Å²) in [6, 6.07) is 1.05. The van der Waals surface area contributed by atoms with Crippen LogP contribution in [0, 0.1) is 5.82 Å². The fourth-order valence-corrected chi connectivity index (χ4v) is 1.27. The molecule has 0 radical (unpaired) electrons. The van der Waals surface area contributed by atoms with Crippen molar-refractivity contribution in [2.24, 2.45) is 5.11 Å². The summed E-state index contributed by atoms with van der Waals surface area (Å²) in [6.45, 7) is 0. The molecule has 0 aromatic heterocycles. The van der Waals surface area contributed by atoms with Crippen molar-refractivity contribution in [2.45, 2.75) is 6.18 Å². The van der Waals surface area contributed by atoms with Gasteiger partial charge >= 0.3 is 6.18 Å². The number of hydrogen-bond donors (Lipinski definition) is 0. The predicted molar refractivity (Wildman–Crippen MR) is 47.9 cm³/mol. The summed E-state index contributed by atoms with van der Waals surface area (Å²) >= 11 is 2.78. The summed E-state index contributed by atoms with van der Waals surface area (Å²) in [5, 5.41) is 2.99. The van der Waals surface area contributed by atoms with E-state index in [4.69, 9.17) is 5.53 Å². The molecule has 15 heavy (non-hydrogen) atoms. The first kappa shape index (κ1) is 11.8. The number of benzene rings is 1. The molecule has 0 spiro atoms. The molecule has 0 saturated carbocycles. The van der Waals surface area contributed by atoms with E-state index in [0.29, 0.717) is 12.1 Å². The Kier molecular flexibility index (Phi) is 3.21. The molecule has 0 aliphatic heterocycles. The van der Waals surface area contributed by atoms with Crippen molar-refractivity contribution in [3.63, 3.8) is 0 Å². The van der Waals surface area contributed by atoms with Crippen LogP contribution >= 0.6 is 15.9 Å². The standard InChI is InChI=1S/C7H2BrF4N3/c8-4-2-5(9)3(7(10,11)12)1-6(4)14-15-13/h1-2H. The highest BCUT2D eigenvalue weighted by Crippen LogP contribution is 2.37. The number of hydrogen-bond acceptors (Lipinski definition) is 1. The number of halogens is 5. The van der Waals surface area contributed by atoms with Crippen molar-refractivity contribution in [1.29, 1.82) is 0 Å². The van der Waals surface area contributed by atoms with Gasteiger partial charge in [-0.1, -0.05) is 21.0 Å². The highest BCUT2D eigenvalue weighted by molar-refractivity contribution is 9.10. The molecule has 80 valence electrons. The second kappa shape index (κ2) is 4.08. The third kappa shape index (κ3) is 2.60. The largest absolute Gasteiger partial charge is 0.419 e. The molecule has 8 heteroatoms. The first-order valence-corrected chi connectivity index (χ1v) is 4.27. The van der Waals surface area contributed by atoms with Crippen molar-refractivity contribution in [1.82, 2.24) is 0 Å². The molecule has 0 atom stereocenters. The highest BCUT2D eigenvalue weighted by Gasteiger charge is 2.34. The summed E-state index contributed by atoms with van der Waals surface area (Å²) in [6.07, 6.45) is -4.81. The maximum Gasteiger partial charge on any atom is 0.419 e. The lowest BCUT2D eigenvalue weighted by atomic mass is 10.2. The van der Waals surface area contributed by atoms with Crippen LogP contribution in [-0.2, 0) is 6.18 Å². The van der Waals surface area contributed by atoms with Gasteiger partial charge in [0.25, 0.3) is 0 Å². The molecule has 0 unspecified atom stereocenters. The first-order chi connectivity index (χ1) is 6.86. The van der Waals surface area contributed by atoms with Gasteiger partial charge in [-0.05, 0) is 17.7 Å². The van der Waals surface area contributed by atoms with E-state index < -0.39 is 17.6 Å². The zero-order valence-corrected chi connectivity index (χ0v) is 8.47. The molecule has 3 nitrogen and oxygen atoms in total. The summed E-state index contributed by atoms with van der Waals surface area (Å²) in [5.74, 6) is -1.42. The summed E-state index contributed by atoms with van der Waals surface area (Å²) in [5.41, 5.74) is 6.29. The highest BCUT2D eigenvalue weighted by atomic mass is 79.9. The van der Waals surface area contributed by atoms with Crippen LogP contribution < -0.4 is 0 Å². The quantitative estimate of drug-likeness (QED) is 0.314. The van der Waals surface area contributed by atoms with Gasteiger partial charge in [0.2, 0.25) is 0 Å². The lowest BCUT2D eigenvalue weighted by Crippen LogP contribution is -2.07. The summed E-state index contributed by atoms with van der Waals surface area (Å²) < 4.78 is 49.5. The minimum absolute atomic E-state index is 0.0363. The molecule has 1 aromatic carbocycles. The van der Waals surface area contributed by atoms with Gasteiger partial charge in [0.15, 0.2) is 0 Å². The van der Waals surface area contributed by atoms with E-state index in [1.165, 1.54) is 0 Å². The maximum atomic E-state index is 12.9. The Morgan fingerprint density at radius 2 is 1.93 bits per heavy atom. The Morgan fingerprint density at radius 3 is 2.40 bits per heavy atom. The Hall–Kier alpha value is -1.27. The molecule has 1 aromatic rings. The van der Waals surface area contributed by atoms with Crippen LogP contribution in [0.25, 0.3) is 10.4 Å². The van der Waals surface area contributed by atoms with Gasteiger partial charge in [0.05, 0.1) is 11.3 Å². The smallest absolute Gasteiger partial charge is 0.206 e. The van der Waals surface area contributed by atoms with Crippen LogP contribution in [-0.4, -0.2) is 0 Å². The fraction of sp³-hybridized carbons (Fsp3) is 0.143. The van der Waals surface area contributed by atoms with Gasteiger partial charge in [-0.15, -0.1) is 0 Å². The topological polar surface area (TPSA) is 48.8 Å². The van der Waals surface area contributed by atoms with E-state index in [1.807, 2.05) is 0 Å². The van der Waals surface area contributed by atoms with E-state index in [9.17, 15) is 17.6 Å². The Morgan fingerprint density at radius 1 is 1.33 bits per heavy atom. The Bertz CT molecular complexity index is 437. The molecular formula is C7H2BrF4N3. The molecule has 0 bridgehead atoms. The van der Waals surface area contributed by atoms with Crippen molar-refractivity contribution in [2.75, 3.05) is 0 Å². The van der Waals surface area contributed by atoms with Crippen molar-refractivity contribution >= 4 is 21.6 Å². The van der Waals surface area contributed by atoms with Gasteiger partial charge in [-0.2, -0.15) is 13.2 Å². The molecule has 0 saturated heterocycles. The van der Waals surface area contributed by atoms with E-state index in [1.54, 1.807) is 0 Å². The Balaban J connectivity index is 3.42. The number of rotatable bonds is 1. The molecule has 0 amide bonds. The van der Waals surface area contributed by atoms with Crippen LogP contribution in [0.5, 0.6) is 0 Å². The first-order valence-electron chi connectivity index (χ1n) is 3.47. The van der Waals surface area contributed by atoms with Gasteiger partial charge in [0, 0.05) is 9.38 Å². The third-order valence-electron chi connectivity index (χ3n) is 1.49. The third-order valence-corrected chi connectivity index (χ3v) is 2.13. The number of nitrogens with zero attached hydrogens (tertiary/aromatic N) is 3. The zero-order chi connectivity index (χ0) is 11.6. The van der Waals surface area contributed by atoms with Gasteiger partial charge in [0.1, 0.15) is 5.82 Å². The van der Waals surface area contributed by atoms with Crippen LogP contribution in [0.4, 0.5) is 23.2 Å². The van der Waals surface area contributed by atoms with Gasteiger partial charge in [-0.25, -0.2) is 4.39 Å². The van der Waals surface area contributed by atoms with Gasteiger partial charge in [-0.3, -0.25) is 0 Å². The molecule has 0 aliphatic carbocycles. The number of alkyl halides is 3. The zero-order valence-electron chi connectivity index (χ0n) is 6.89. The van der Waals surface area contributed by atoms with Crippen LogP contribution in [0.2, 0.25) is 0 Å². The average Bonchev–Trinajstić information content (AvgIpc) is 2.07. The van der Waals surface area contributed by atoms with Crippen LogP contribution in [0.1, 0.15) is 5.56 Å². The average molecular weight is 284 g/mol. The summed E-state index contributed by atoms with van der Waals surface area (Å²) in [7, 11) is 0. The van der Waals surface area contributed by atoms with E-state index in [-0.39, 0.29) is 10.2 Å². The molecule has 0 aliphatic rings. The predicted octanol–water partition coefficient (Wildman–Crippen LogP) is 4.55. The van der Waals surface area contributed by atoms with E-state index in [0.717, 1.165) is 0 Å². The minimum Gasteiger partial charge on any atom is -0.206 e. The SMILES string of the molecule is [N-]=[N+]=Nc1cc(C(F)(F)F)c(F)cc1Br. The fourth-order valence-electron chi connectivity index (χ4n) is 0.880. The van der Waals surface area contributed by atoms with Crippen LogP contribution in [0.15, 0.2) is 21.7 Å². The summed E-state index contributed by atoms with van der Waals surface area (Å²) in [4.78, 5) is 2.32. The van der Waals surface area contributed by atoms with Crippen molar-refractivity contribution in [3.05, 3.63) is 38.4 Å². The lowest BCUT2D eigenvalue weighted by Gasteiger charge is -2.09. The van der Waals surface area contributed by atoms with E-state index in [2.05, 4.69) is 26.0 Å². The van der Waals surface area contributed by atoms with Gasteiger partial charge < -0.3 is 0 Å². The molecule has 0 fully saturated rings. The molecule has 0 N–H and O–H groups in total. The normalized spacial score (nSPS) is 11.0. The molecule has 0 heterocycles. The second-order valence-corrected chi connectivity index (χ2v) is 3.33. The van der Waals surface area contributed by atoms with E-state index >= 15 is 0 Å². The van der Waals surface area contributed by atoms with Crippen molar-refractivity contribution in [3.8, 4) is 0 Å². The minimum atomic E-state index is -4.81. The maximum absolute atomic E-state index is 12.9. The Labute approximate surface area is 89.5 Å². The monoisotopic (exact) mass is 283 g/mol. The molecular weight excluding hydrogens is 282 g/mol. The molecule has 1 rings (SSSR count). The second-order valence-electron chi connectivity index (χ2n) is 2.47. The van der Waals surface area contributed by atoms with Crippen molar-refractivity contribution < 1.29 is 17.6 Å². The number of azide groups is 1. The lowest BCUT2D eigenvalue weighted by molar-refractivity contribution is -0.139.